The van der Waals surface area contributed by atoms with Crippen molar-refractivity contribution in [3.8, 4) is 22.8 Å². The third kappa shape index (κ3) is 3.64. The number of amides is 1. The second-order valence-electron chi connectivity index (χ2n) is 6.17. The highest BCUT2D eigenvalue weighted by Crippen LogP contribution is 2.34. The largest absolute Gasteiger partial charge is 0.454 e. The molecule has 6 nitrogen and oxygen atoms in total. The van der Waals surface area contributed by atoms with Gasteiger partial charge in [-0.05, 0) is 24.6 Å². The molecule has 4 rings (SSSR count). The molecule has 1 aromatic heterocycles. The number of fused-ring (bicyclic) bond motifs is 1. The molecule has 7 heteroatoms. The number of hydrogen-bond donors (Lipinski definition) is 1. The third-order valence-corrected chi connectivity index (χ3v) is 5.46. The topological polar surface area (TPSA) is 65.4 Å². The average molecular weight is 381 g/mol. The minimum Gasteiger partial charge on any atom is -0.454 e. The summed E-state index contributed by atoms with van der Waals surface area (Å²) in [5, 5.41) is 3.41. The Labute approximate surface area is 161 Å². The number of carbonyl (C=O) groups excluding carboxylic acids is 1. The Morgan fingerprint density at radius 1 is 1.19 bits per heavy atom. The van der Waals surface area contributed by atoms with Crippen LogP contribution < -0.4 is 14.8 Å². The summed E-state index contributed by atoms with van der Waals surface area (Å²) < 4.78 is 12.6. The first kappa shape index (κ1) is 17.5. The summed E-state index contributed by atoms with van der Waals surface area (Å²) in [4.78, 5) is 17.0. The van der Waals surface area contributed by atoms with Gasteiger partial charge in [-0.15, -0.1) is 0 Å². The summed E-state index contributed by atoms with van der Waals surface area (Å²) in [5.74, 6) is 1.24. The molecule has 0 aliphatic carbocycles. The van der Waals surface area contributed by atoms with Crippen LogP contribution in [0.5, 0.6) is 11.5 Å². The molecule has 1 aliphatic rings. The van der Waals surface area contributed by atoms with Gasteiger partial charge in [-0.2, -0.15) is 0 Å². The van der Waals surface area contributed by atoms with Crippen LogP contribution in [0.3, 0.4) is 0 Å². The molecular weight excluding hydrogens is 362 g/mol. The van der Waals surface area contributed by atoms with Gasteiger partial charge in [0.05, 0.1) is 17.1 Å². The molecule has 1 atom stereocenters. The quantitative estimate of drug-likeness (QED) is 0.678. The van der Waals surface area contributed by atoms with E-state index in [1.165, 1.54) is 11.8 Å². The second-order valence-corrected chi connectivity index (χ2v) is 7.48. The van der Waals surface area contributed by atoms with Gasteiger partial charge in [-0.3, -0.25) is 4.79 Å². The van der Waals surface area contributed by atoms with Crippen LogP contribution in [0.4, 0.5) is 5.69 Å². The van der Waals surface area contributed by atoms with Crippen molar-refractivity contribution >= 4 is 23.4 Å². The maximum absolute atomic E-state index is 12.6. The fourth-order valence-corrected chi connectivity index (χ4v) is 3.66. The highest BCUT2D eigenvalue weighted by Gasteiger charge is 2.20. The van der Waals surface area contributed by atoms with Gasteiger partial charge in [0.15, 0.2) is 16.7 Å². The lowest BCUT2D eigenvalue weighted by atomic mass is 10.2. The molecular formula is C20H19N3O3S. The number of anilines is 1. The van der Waals surface area contributed by atoms with Crippen molar-refractivity contribution in [3.05, 3.63) is 54.7 Å². The molecule has 2 heterocycles. The third-order valence-electron chi connectivity index (χ3n) is 4.31. The van der Waals surface area contributed by atoms with Gasteiger partial charge in [0, 0.05) is 18.8 Å². The predicted molar refractivity (Wildman–Crippen MR) is 105 cm³/mol. The molecule has 1 amide bonds. The maximum Gasteiger partial charge on any atom is 0.237 e. The monoisotopic (exact) mass is 381 g/mol. The molecule has 0 saturated carbocycles. The Bertz CT molecular complexity index is 972. The highest BCUT2D eigenvalue weighted by molar-refractivity contribution is 8.00. The Balaban J connectivity index is 1.44. The number of hydrogen-bond acceptors (Lipinski definition) is 5. The summed E-state index contributed by atoms with van der Waals surface area (Å²) in [6, 6.07) is 15.4. The van der Waals surface area contributed by atoms with E-state index < -0.39 is 0 Å². The van der Waals surface area contributed by atoms with Crippen molar-refractivity contribution in [2.45, 2.75) is 17.3 Å². The average Bonchev–Trinajstić information content (AvgIpc) is 3.29. The lowest BCUT2D eigenvalue weighted by molar-refractivity contribution is -0.115. The molecule has 1 N–H and O–H groups in total. The van der Waals surface area contributed by atoms with Crippen molar-refractivity contribution in [1.29, 1.82) is 0 Å². The van der Waals surface area contributed by atoms with E-state index in [9.17, 15) is 4.79 Å². The van der Waals surface area contributed by atoms with Crippen LogP contribution in [-0.4, -0.2) is 27.5 Å². The number of benzene rings is 2. The lowest BCUT2D eigenvalue weighted by Gasteiger charge is -2.12. The van der Waals surface area contributed by atoms with Gasteiger partial charge in [0.1, 0.15) is 0 Å². The summed E-state index contributed by atoms with van der Waals surface area (Å²) in [6.45, 7) is 2.08. The van der Waals surface area contributed by atoms with Crippen LogP contribution in [0.15, 0.2) is 59.9 Å². The number of aromatic nitrogens is 2. The number of ether oxygens (including phenoxy) is 2. The smallest absolute Gasteiger partial charge is 0.237 e. The van der Waals surface area contributed by atoms with E-state index in [1.807, 2.05) is 55.1 Å². The molecule has 3 aromatic rings. The van der Waals surface area contributed by atoms with E-state index in [-0.39, 0.29) is 18.0 Å². The molecule has 27 heavy (non-hydrogen) atoms. The van der Waals surface area contributed by atoms with E-state index in [2.05, 4.69) is 10.3 Å². The van der Waals surface area contributed by atoms with E-state index in [1.54, 1.807) is 18.2 Å². The molecule has 0 bridgehead atoms. The fourth-order valence-electron chi connectivity index (χ4n) is 2.81. The molecule has 0 fully saturated rings. The number of carbonyl (C=O) groups is 1. The fraction of sp³-hybridized carbons (Fsp3) is 0.200. The van der Waals surface area contributed by atoms with Crippen LogP contribution in [-0.2, 0) is 11.8 Å². The first-order chi connectivity index (χ1) is 13.1. The summed E-state index contributed by atoms with van der Waals surface area (Å²) >= 11 is 1.42. The van der Waals surface area contributed by atoms with Crippen molar-refractivity contribution in [2.24, 2.45) is 7.05 Å². The van der Waals surface area contributed by atoms with Crippen molar-refractivity contribution in [3.63, 3.8) is 0 Å². The van der Waals surface area contributed by atoms with Gasteiger partial charge in [0.25, 0.3) is 0 Å². The number of nitrogens with zero attached hydrogens (tertiary/aromatic N) is 2. The zero-order chi connectivity index (χ0) is 18.8. The Hall–Kier alpha value is -2.93. The van der Waals surface area contributed by atoms with Crippen molar-refractivity contribution < 1.29 is 14.3 Å². The summed E-state index contributed by atoms with van der Waals surface area (Å²) in [6.07, 6.45) is 1.83. The summed E-state index contributed by atoms with van der Waals surface area (Å²) in [5.41, 5.74) is 2.79. The molecule has 0 unspecified atom stereocenters. The molecule has 0 saturated heterocycles. The maximum atomic E-state index is 12.6. The molecule has 138 valence electrons. The van der Waals surface area contributed by atoms with Crippen LogP contribution >= 0.6 is 11.8 Å². The standard InChI is InChI=1S/C20H19N3O3S/c1-13(19(24)22-15-8-9-17-18(10-15)26-12-25-17)27-20-21-11-16(23(20)2)14-6-4-3-5-7-14/h3-11,13H,12H2,1-2H3,(H,22,24)/t13-/m1/s1. The van der Waals surface area contributed by atoms with Gasteiger partial charge < -0.3 is 19.4 Å². The highest BCUT2D eigenvalue weighted by atomic mass is 32.2. The minimum atomic E-state index is -0.305. The first-order valence-electron chi connectivity index (χ1n) is 8.56. The van der Waals surface area contributed by atoms with E-state index in [0.717, 1.165) is 16.4 Å². The predicted octanol–water partition coefficient (Wildman–Crippen LogP) is 3.94. The molecule has 0 radical (unpaired) electrons. The van der Waals surface area contributed by atoms with Crippen LogP contribution in [0.1, 0.15) is 6.92 Å². The van der Waals surface area contributed by atoms with Gasteiger partial charge in [-0.25, -0.2) is 4.98 Å². The number of imidazole rings is 1. The van der Waals surface area contributed by atoms with E-state index in [0.29, 0.717) is 17.2 Å². The number of nitrogens with one attached hydrogen (secondary N) is 1. The molecule has 1 aliphatic heterocycles. The first-order valence-corrected chi connectivity index (χ1v) is 9.44. The van der Waals surface area contributed by atoms with Crippen molar-refractivity contribution in [1.82, 2.24) is 9.55 Å². The minimum absolute atomic E-state index is 0.0943. The normalized spacial score (nSPS) is 13.4. The summed E-state index contributed by atoms with van der Waals surface area (Å²) in [7, 11) is 1.96. The SMILES string of the molecule is C[C@@H](Sc1ncc(-c2ccccc2)n1C)C(=O)Nc1ccc2c(c1)OCO2. The Morgan fingerprint density at radius 2 is 1.96 bits per heavy atom. The van der Waals surface area contributed by atoms with Crippen LogP contribution in [0, 0.1) is 0 Å². The van der Waals surface area contributed by atoms with E-state index >= 15 is 0 Å². The zero-order valence-corrected chi connectivity index (χ0v) is 15.8. The second kappa shape index (κ2) is 7.36. The van der Waals surface area contributed by atoms with Gasteiger partial charge >= 0.3 is 0 Å². The zero-order valence-electron chi connectivity index (χ0n) is 15.0. The van der Waals surface area contributed by atoms with Gasteiger partial charge in [0.2, 0.25) is 12.7 Å². The number of thioether (sulfide) groups is 1. The van der Waals surface area contributed by atoms with Gasteiger partial charge in [-0.1, -0.05) is 42.1 Å². The number of rotatable bonds is 5. The molecule has 2 aromatic carbocycles. The molecule has 0 spiro atoms. The van der Waals surface area contributed by atoms with Crippen molar-refractivity contribution in [2.75, 3.05) is 12.1 Å². The van der Waals surface area contributed by atoms with E-state index in [4.69, 9.17) is 9.47 Å². The lowest BCUT2D eigenvalue weighted by Crippen LogP contribution is -2.22. The Kier molecular flexibility index (Phi) is 4.77. The Morgan fingerprint density at radius 3 is 2.78 bits per heavy atom. The van der Waals surface area contributed by atoms with Crippen LogP contribution in [0.2, 0.25) is 0 Å². The van der Waals surface area contributed by atoms with Crippen LogP contribution in [0.25, 0.3) is 11.3 Å².